The first-order valence-electron chi connectivity index (χ1n) is 5.07. The van der Waals surface area contributed by atoms with E-state index < -0.39 is 0 Å². The highest BCUT2D eigenvalue weighted by Crippen LogP contribution is 2.23. The first-order valence-corrected chi connectivity index (χ1v) is 7.28. The molecule has 1 aromatic heterocycles. The van der Waals surface area contributed by atoms with Crippen molar-refractivity contribution in [3.8, 4) is 5.75 Å². The number of rotatable bonds is 4. The van der Waals surface area contributed by atoms with Crippen LogP contribution in [0.3, 0.4) is 0 Å². The molecular weight excluding hydrogens is 322 g/mol. The van der Waals surface area contributed by atoms with Gasteiger partial charge in [-0.15, -0.1) is 22.9 Å². The summed E-state index contributed by atoms with van der Waals surface area (Å²) >= 11 is 10.7. The molecule has 1 heterocycles. The van der Waals surface area contributed by atoms with Crippen LogP contribution in [0.2, 0.25) is 0 Å². The average Bonchev–Trinajstić information content (AvgIpc) is 2.76. The standard InChI is InChI=1S/C12H11BrClNOS/c1-8-4-9(13)2-3-11(8)16-6-12-15-10(5-14)7-17-12/h2-4,7H,5-6H2,1H3. The van der Waals surface area contributed by atoms with Gasteiger partial charge in [0, 0.05) is 9.85 Å². The number of benzene rings is 1. The zero-order valence-electron chi connectivity index (χ0n) is 9.24. The summed E-state index contributed by atoms with van der Waals surface area (Å²) in [4.78, 5) is 4.34. The molecule has 2 aromatic rings. The minimum atomic E-state index is 0.452. The van der Waals surface area contributed by atoms with Crippen LogP contribution in [0.1, 0.15) is 16.3 Å². The van der Waals surface area contributed by atoms with Crippen LogP contribution in [-0.4, -0.2) is 4.98 Å². The van der Waals surface area contributed by atoms with Gasteiger partial charge in [0.15, 0.2) is 0 Å². The Bertz CT molecular complexity index is 515. The van der Waals surface area contributed by atoms with E-state index in [2.05, 4.69) is 20.9 Å². The Balaban J connectivity index is 2.02. The molecule has 0 radical (unpaired) electrons. The number of nitrogens with zero attached hydrogens (tertiary/aromatic N) is 1. The van der Waals surface area contributed by atoms with Crippen LogP contribution < -0.4 is 4.74 Å². The zero-order chi connectivity index (χ0) is 12.3. The van der Waals surface area contributed by atoms with E-state index in [1.165, 1.54) is 0 Å². The van der Waals surface area contributed by atoms with E-state index in [1.54, 1.807) is 11.3 Å². The molecule has 0 N–H and O–H groups in total. The molecule has 1 aromatic carbocycles. The van der Waals surface area contributed by atoms with E-state index in [0.717, 1.165) is 26.5 Å². The lowest BCUT2D eigenvalue weighted by Gasteiger charge is -2.07. The van der Waals surface area contributed by atoms with Gasteiger partial charge in [-0.2, -0.15) is 0 Å². The van der Waals surface area contributed by atoms with E-state index in [0.29, 0.717) is 12.5 Å². The molecule has 0 aliphatic rings. The van der Waals surface area contributed by atoms with Gasteiger partial charge in [-0.05, 0) is 30.7 Å². The third-order valence-corrected chi connectivity index (χ3v) is 3.86. The molecule has 0 fully saturated rings. The minimum absolute atomic E-state index is 0.452. The molecule has 0 aliphatic heterocycles. The number of aryl methyl sites for hydroxylation is 1. The van der Waals surface area contributed by atoms with E-state index in [9.17, 15) is 0 Å². The lowest BCUT2D eigenvalue weighted by Crippen LogP contribution is -1.96. The van der Waals surface area contributed by atoms with Crippen molar-refractivity contribution in [2.75, 3.05) is 0 Å². The molecule has 0 saturated carbocycles. The smallest absolute Gasteiger partial charge is 0.140 e. The molecule has 2 rings (SSSR count). The van der Waals surface area contributed by atoms with Gasteiger partial charge in [0.25, 0.3) is 0 Å². The Morgan fingerprint density at radius 1 is 1.47 bits per heavy atom. The van der Waals surface area contributed by atoms with Crippen LogP contribution in [0.5, 0.6) is 5.75 Å². The van der Waals surface area contributed by atoms with Crippen LogP contribution >= 0.6 is 38.9 Å². The van der Waals surface area contributed by atoms with Gasteiger partial charge >= 0.3 is 0 Å². The summed E-state index contributed by atoms with van der Waals surface area (Å²) in [6.07, 6.45) is 0. The quantitative estimate of drug-likeness (QED) is 0.767. The second-order valence-electron chi connectivity index (χ2n) is 3.56. The average molecular weight is 333 g/mol. The fourth-order valence-corrected chi connectivity index (χ4v) is 2.80. The maximum atomic E-state index is 5.72. The van der Waals surface area contributed by atoms with Crippen LogP contribution in [0.25, 0.3) is 0 Å². The van der Waals surface area contributed by atoms with Gasteiger partial charge in [0.1, 0.15) is 17.4 Å². The highest BCUT2D eigenvalue weighted by Gasteiger charge is 2.04. The molecule has 90 valence electrons. The molecule has 5 heteroatoms. The maximum absolute atomic E-state index is 5.72. The number of aromatic nitrogens is 1. The first kappa shape index (κ1) is 12.9. The van der Waals surface area contributed by atoms with Crippen LogP contribution in [0.4, 0.5) is 0 Å². The number of alkyl halides is 1. The Morgan fingerprint density at radius 3 is 2.94 bits per heavy atom. The van der Waals surface area contributed by atoms with Crippen LogP contribution in [-0.2, 0) is 12.5 Å². The van der Waals surface area contributed by atoms with Crippen molar-refractivity contribution in [3.05, 3.63) is 44.3 Å². The van der Waals surface area contributed by atoms with E-state index in [4.69, 9.17) is 16.3 Å². The van der Waals surface area contributed by atoms with Crippen molar-refractivity contribution >= 4 is 38.9 Å². The van der Waals surface area contributed by atoms with Crippen molar-refractivity contribution in [1.82, 2.24) is 4.98 Å². The fraction of sp³-hybridized carbons (Fsp3) is 0.250. The van der Waals surface area contributed by atoms with Crippen LogP contribution in [0.15, 0.2) is 28.1 Å². The third kappa shape index (κ3) is 3.44. The van der Waals surface area contributed by atoms with E-state index in [1.807, 2.05) is 30.5 Å². The lowest BCUT2D eigenvalue weighted by molar-refractivity contribution is 0.303. The zero-order valence-corrected chi connectivity index (χ0v) is 12.4. The topological polar surface area (TPSA) is 22.1 Å². The number of ether oxygens (including phenoxy) is 1. The summed E-state index contributed by atoms with van der Waals surface area (Å²) in [6, 6.07) is 5.95. The normalized spacial score (nSPS) is 10.5. The molecule has 2 nitrogen and oxygen atoms in total. The summed E-state index contributed by atoms with van der Waals surface area (Å²) in [5.41, 5.74) is 2.01. The lowest BCUT2D eigenvalue weighted by atomic mass is 10.2. The Labute approximate surface area is 118 Å². The van der Waals surface area contributed by atoms with Crippen molar-refractivity contribution in [2.24, 2.45) is 0 Å². The Hall–Kier alpha value is -0.580. The number of hydrogen-bond donors (Lipinski definition) is 0. The van der Waals surface area contributed by atoms with Gasteiger partial charge in [0.2, 0.25) is 0 Å². The third-order valence-electron chi connectivity index (χ3n) is 2.22. The molecule has 0 spiro atoms. The van der Waals surface area contributed by atoms with Crippen molar-refractivity contribution in [2.45, 2.75) is 19.4 Å². The number of halogens is 2. The van der Waals surface area contributed by atoms with Gasteiger partial charge < -0.3 is 4.74 Å². The van der Waals surface area contributed by atoms with E-state index in [-0.39, 0.29) is 0 Å². The van der Waals surface area contributed by atoms with E-state index >= 15 is 0 Å². The Morgan fingerprint density at radius 2 is 2.29 bits per heavy atom. The molecule has 0 bridgehead atoms. The van der Waals surface area contributed by atoms with Crippen LogP contribution in [0, 0.1) is 6.92 Å². The van der Waals surface area contributed by atoms with Gasteiger partial charge in [0.05, 0.1) is 11.6 Å². The number of hydrogen-bond acceptors (Lipinski definition) is 3. The molecule has 0 unspecified atom stereocenters. The summed E-state index contributed by atoms with van der Waals surface area (Å²) < 4.78 is 6.78. The monoisotopic (exact) mass is 331 g/mol. The molecule has 0 atom stereocenters. The molecule has 0 aliphatic carbocycles. The van der Waals surface area contributed by atoms with Crippen molar-refractivity contribution in [3.63, 3.8) is 0 Å². The second-order valence-corrected chi connectivity index (χ2v) is 5.69. The predicted molar refractivity (Wildman–Crippen MR) is 74.9 cm³/mol. The fourth-order valence-electron chi connectivity index (χ4n) is 1.39. The summed E-state index contributed by atoms with van der Waals surface area (Å²) in [6.45, 7) is 2.51. The van der Waals surface area contributed by atoms with Crippen molar-refractivity contribution < 1.29 is 4.74 Å². The van der Waals surface area contributed by atoms with Gasteiger partial charge in [-0.3, -0.25) is 0 Å². The minimum Gasteiger partial charge on any atom is -0.486 e. The van der Waals surface area contributed by atoms with Gasteiger partial charge in [-0.25, -0.2) is 4.98 Å². The largest absolute Gasteiger partial charge is 0.486 e. The predicted octanol–water partition coefficient (Wildman–Crippen LogP) is 4.53. The van der Waals surface area contributed by atoms with Gasteiger partial charge in [-0.1, -0.05) is 15.9 Å². The summed E-state index contributed by atoms with van der Waals surface area (Å²) in [5.74, 6) is 1.34. The molecular formula is C12H11BrClNOS. The van der Waals surface area contributed by atoms with Crippen molar-refractivity contribution in [1.29, 1.82) is 0 Å². The highest BCUT2D eigenvalue weighted by atomic mass is 79.9. The first-order chi connectivity index (χ1) is 8.19. The second kappa shape index (κ2) is 5.85. The molecule has 0 amide bonds. The Kier molecular flexibility index (Phi) is 4.42. The SMILES string of the molecule is Cc1cc(Br)ccc1OCc1nc(CCl)cs1. The summed E-state index contributed by atoms with van der Waals surface area (Å²) in [5, 5.41) is 2.91. The number of thiazole rings is 1. The molecule has 0 saturated heterocycles. The maximum Gasteiger partial charge on any atom is 0.140 e. The molecule has 17 heavy (non-hydrogen) atoms. The summed E-state index contributed by atoms with van der Waals surface area (Å²) in [7, 11) is 0. The highest BCUT2D eigenvalue weighted by molar-refractivity contribution is 9.10.